The van der Waals surface area contributed by atoms with Crippen LogP contribution in [0.4, 0.5) is 0 Å². The zero-order valence-corrected chi connectivity index (χ0v) is 11.7. The van der Waals surface area contributed by atoms with Gasteiger partial charge in [0.2, 0.25) is 5.91 Å². The summed E-state index contributed by atoms with van der Waals surface area (Å²) >= 11 is 11.6. The second-order valence-electron chi connectivity index (χ2n) is 3.22. The molecule has 0 bridgehead atoms. The Bertz CT molecular complexity index is 557. The van der Waals surface area contributed by atoms with Crippen molar-refractivity contribution < 1.29 is 13.2 Å². The quantitative estimate of drug-likeness (QED) is 0.872. The molecular formula is C9H8Cl3NO3S. The number of nitrogens with one attached hydrogen (secondary N) is 1. The molecule has 1 rings (SSSR count). The lowest BCUT2D eigenvalue weighted by Crippen LogP contribution is -2.19. The third-order valence-corrected chi connectivity index (χ3v) is 4.03. The monoisotopic (exact) mass is 315 g/mol. The minimum atomic E-state index is -3.94. The Labute approximate surface area is 113 Å². The van der Waals surface area contributed by atoms with E-state index in [1.165, 1.54) is 19.1 Å². The Hall–Kier alpha value is -0.490. The van der Waals surface area contributed by atoms with Crippen LogP contribution in [0.3, 0.4) is 0 Å². The molecule has 0 radical (unpaired) electrons. The molecule has 1 N–H and O–H groups in total. The number of benzene rings is 1. The van der Waals surface area contributed by atoms with Crippen molar-refractivity contribution in [3.63, 3.8) is 0 Å². The summed E-state index contributed by atoms with van der Waals surface area (Å²) in [4.78, 5) is 10.5. The highest BCUT2D eigenvalue weighted by atomic mass is 35.7. The molecule has 0 aromatic heterocycles. The molecule has 1 aromatic carbocycles. The fourth-order valence-corrected chi connectivity index (χ4v) is 2.94. The third-order valence-electron chi connectivity index (χ3n) is 1.89. The normalized spacial score (nSPS) is 11.3. The summed E-state index contributed by atoms with van der Waals surface area (Å²) in [7, 11) is 1.27. The van der Waals surface area contributed by atoms with Crippen molar-refractivity contribution in [3.8, 4) is 0 Å². The smallest absolute Gasteiger partial charge is 0.262 e. The number of halogens is 3. The Morgan fingerprint density at radius 1 is 1.29 bits per heavy atom. The first-order chi connectivity index (χ1) is 7.71. The third kappa shape index (κ3) is 4.03. The van der Waals surface area contributed by atoms with E-state index >= 15 is 0 Å². The van der Waals surface area contributed by atoms with E-state index in [4.69, 9.17) is 33.9 Å². The average molecular weight is 317 g/mol. The standard InChI is InChI=1S/C9H8Cl3NO3S/c1-5(14)13-4-6-2-9(17(12,15)16)8(11)3-7(6)10/h2-3H,4H2,1H3,(H,13,14). The molecule has 94 valence electrons. The molecule has 0 spiro atoms. The average Bonchev–Trinajstić information content (AvgIpc) is 2.13. The molecule has 1 aromatic rings. The molecule has 0 fully saturated rings. The van der Waals surface area contributed by atoms with Gasteiger partial charge in [0.1, 0.15) is 4.90 Å². The van der Waals surface area contributed by atoms with Gasteiger partial charge >= 0.3 is 0 Å². The fourth-order valence-electron chi connectivity index (χ4n) is 1.11. The minimum Gasteiger partial charge on any atom is -0.352 e. The Morgan fingerprint density at radius 2 is 1.88 bits per heavy atom. The van der Waals surface area contributed by atoms with E-state index in [2.05, 4.69) is 5.32 Å². The van der Waals surface area contributed by atoms with Crippen LogP contribution in [0.1, 0.15) is 12.5 Å². The van der Waals surface area contributed by atoms with E-state index in [0.717, 1.165) is 0 Å². The highest BCUT2D eigenvalue weighted by molar-refractivity contribution is 8.13. The van der Waals surface area contributed by atoms with Gasteiger partial charge in [-0.05, 0) is 17.7 Å². The van der Waals surface area contributed by atoms with Crippen molar-refractivity contribution in [1.29, 1.82) is 0 Å². The predicted octanol–water partition coefficient (Wildman–Crippen LogP) is 2.56. The predicted molar refractivity (Wildman–Crippen MR) is 67.0 cm³/mol. The van der Waals surface area contributed by atoms with Crippen LogP contribution in [0.25, 0.3) is 0 Å². The molecule has 0 aliphatic heterocycles. The van der Waals surface area contributed by atoms with E-state index in [9.17, 15) is 13.2 Å². The highest BCUT2D eigenvalue weighted by Gasteiger charge is 2.17. The molecule has 0 aliphatic carbocycles. The Balaban J connectivity index is 3.20. The van der Waals surface area contributed by atoms with E-state index in [0.29, 0.717) is 5.56 Å². The maximum atomic E-state index is 11.2. The SMILES string of the molecule is CC(=O)NCc1cc(S(=O)(=O)Cl)c(Cl)cc1Cl. The first kappa shape index (κ1) is 14.6. The van der Waals surface area contributed by atoms with Crippen LogP contribution < -0.4 is 5.32 Å². The minimum absolute atomic E-state index is 0.0587. The van der Waals surface area contributed by atoms with Gasteiger partial charge in [-0.3, -0.25) is 4.79 Å². The number of hydrogen-bond acceptors (Lipinski definition) is 3. The summed E-state index contributed by atoms with van der Waals surface area (Å²) in [5.74, 6) is -0.258. The molecule has 0 atom stereocenters. The lowest BCUT2D eigenvalue weighted by Gasteiger charge is -2.08. The summed E-state index contributed by atoms with van der Waals surface area (Å²) in [5, 5.41) is 2.69. The van der Waals surface area contributed by atoms with Gasteiger partial charge in [-0.15, -0.1) is 0 Å². The number of hydrogen-bond donors (Lipinski definition) is 1. The van der Waals surface area contributed by atoms with Crippen molar-refractivity contribution >= 4 is 48.8 Å². The van der Waals surface area contributed by atoms with Crippen molar-refractivity contribution in [3.05, 3.63) is 27.7 Å². The van der Waals surface area contributed by atoms with Crippen LogP contribution in [-0.2, 0) is 20.4 Å². The molecule has 0 saturated carbocycles. The number of amides is 1. The lowest BCUT2D eigenvalue weighted by molar-refractivity contribution is -0.119. The largest absolute Gasteiger partial charge is 0.352 e. The number of carbonyl (C=O) groups is 1. The summed E-state index contributed by atoms with van der Waals surface area (Å²) < 4.78 is 22.4. The molecule has 0 heterocycles. The number of carbonyl (C=O) groups excluding carboxylic acids is 1. The van der Waals surface area contributed by atoms with Gasteiger partial charge in [-0.2, -0.15) is 0 Å². The van der Waals surface area contributed by atoms with E-state index in [1.807, 2.05) is 0 Å². The topological polar surface area (TPSA) is 63.2 Å². The van der Waals surface area contributed by atoms with E-state index in [1.54, 1.807) is 0 Å². The molecule has 1 amide bonds. The maximum Gasteiger partial charge on any atom is 0.262 e. The van der Waals surface area contributed by atoms with Gasteiger partial charge in [0.15, 0.2) is 0 Å². The molecule has 17 heavy (non-hydrogen) atoms. The zero-order valence-electron chi connectivity index (χ0n) is 8.63. The van der Waals surface area contributed by atoms with Crippen molar-refractivity contribution in [2.24, 2.45) is 0 Å². The molecule has 4 nitrogen and oxygen atoms in total. The summed E-state index contributed by atoms with van der Waals surface area (Å²) in [6, 6.07) is 2.51. The van der Waals surface area contributed by atoms with Gasteiger partial charge in [0.25, 0.3) is 9.05 Å². The second kappa shape index (κ2) is 5.44. The molecule has 0 aliphatic rings. The maximum absolute atomic E-state index is 11.2. The lowest BCUT2D eigenvalue weighted by atomic mass is 10.2. The highest BCUT2D eigenvalue weighted by Crippen LogP contribution is 2.30. The van der Waals surface area contributed by atoms with Crippen LogP contribution in [-0.4, -0.2) is 14.3 Å². The summed E-state index contributed by atoms with van der Waals surface area (Å²) in [5.41, 5.74) is 0.422. The first-order valence-corrected chi connectivity index (χ1v) is 7.45. The van der Waals surface area contributed by atoms with Crippen LogP contribution in [0.15, 0.2) is 17.0 Å². The molecular weight excluding hydrogens is 309 g/mol. The van der Waals surface area contributed by atoms with Crippen LogP contribution in [0.2, 0.25) is 10.0 Å². The summed E-state index contributed by atoms with van der Waals surface area (Å²) in [6.45, 7) is 1.44. The van der Waals surface area contributed by atoms with Gasteiger partial charge in [0, 0.05) is 29.2 Å². The van der Waals surface area contributed by atoms with Crippen LogP contribution in [0.5, 0.6) is 0 Å². The van der Waals surface area contributed by atoms with Gasteiger partial charge < -0.3 is 5.32 Å². The van der Waals surface area contributed by atoms with Gasteiger partial charge in [-0.25, -0.2) is 8.42 Å². The Kier molecular flexibility index (Phi) is 4.66. The van der Waals surface area contributed by atoms with Crippen molar-refractivity contribution in [2.75, 3.05) is 0 Å². The van der Waals surface area contributed by atoms with Crippen molar-refractivity contribution in [2.45, 2.75) is 18.4 Å². The molecule has 0 saturated heterocycles. The van der Waals surface area contributed by atoms with Crippen LogP contribution >= 0.6 is 33.9 Å². The van der Waals surface area contributed by atoms with E-state index < -0.39 is 9.05 Å². The second-order valence-corrected chi connectivity index (χ2v) is 6.57. The van der Waals surface area contributed by atoms with Gasteiger partial charge in [-0.1, -0.05) is 23.2 Å². The van der Waals surface area contributed by atoms with Crippen molar-refractivity contribution in [1.82, 2.24) is 5.32 Å². The number of rotatable bonds is 3. The molecule has 8 heteroatoms. The van der Waals surface area contributed by atoms with Crippen LogP contribution in [0, 0.1) is 0 Å². The summed E-state index contributed by atoms with van der Waals surface area (Å²) in [6.07, 6.45) is 0. The first-order valence-electron chi connectivity index (χ1n) is 4.39. The Morgan fingerprint density at radius 3 is 2.35 bits per heavy atom. The molecule has 0 unspecified atom stereocenters. The zero-order chi connectivity index (χ0) is 13.2. The van der Waals surface area contributed by atoms with Gasteiger partial charge in [0.05, 0.1) is 5.02 Å². The fraction of sp³-hybridized carbons (Fsp3) is 0.222. The van der Waals surface area contributed by atoms with E-state index in [-0.39, 0.29) is 27.4 Å².